The summed E-state index contributed by atoms with van der Waals surface area (Å²) in [6.07, 6.45) is 2.54. The molecule has 0 fully saturated rings. The molecule has 0 bridgehead atoms. The van der Waals surface area contributed by atoms with E-state index < -0.39 is 0 Å². The minimum absolute atomic E-state index is 0.104. The molecule has 1 rings (SSSR count). The lowest BCUT2D eigenvalue weighted by atomic mass is 10.4. The third kappa shape index (κ3) is 3.36. The van der Waals surface area contributed by atoms with Gasteiger partial charge >= 0.3 is 0 Å². The second kappa shape index (κ2) is 5.72. The van der Waals surface area contributed by atoms with E-state index in [9.17, 15) is 4.79 Å². The van der Waals surface area contributed by atoms with Crippen molar-refractivity contribution in [2.45, 2.75) is 13.3 Å². The van der Waals surface area contributed by atoms with Crippen LogP contribution in [-0.4, -0.2) is 29.9 Å². The largest absolute Gasteiger partial charge is 0.305 e. The molecule has 0 aliphatic rings. The fraction of sp³-hybridized carbons (Fsp3) is 0.556. The van der Waals surface area contributed by atoms with Crippen LogP contribution in [0.25, 0.3) is 0 Å². The molecule has 0 aliphatic heterocycles. The number of hydrogen-bond acceptors (Lipinski definition) is 4. The smallest absolute Gasteiger partial charge is 0.228 e. The first kappa shape index (κ1) is 12.8. The highest BCUT2D eigenvalue weighted by Crippen LogP contribution is 2.30. The van der Waals surface area contributed by atoms with E-state index in [0.717, 1.165) is 16.4 Å². The maximum atomic E-state index is 11.7. The number of thioether (sulfide) groups is 1. The molecule has 1 amide bonds. The molecule has 0 unspecified atom stereocenters. The van der Waals surface area contributed by atoms with Crippen molar-refractivity contribution in [2.24, 2.45) is 0 Å². The van der Waals surface area contributed by atoms with Crippen LogP contribution in [0.15, 0.2) is 0 Å². The van der Waals surface area contributed by atoms with Crippen LogP contribution in [0.1, 0.15) is 12.1 Å². The molecular formula is C9H13ClN2OS2. The van der Waals surface area contributed by atoms with Crippen LogP contribution in [0.2, 0.25) is 4.47 Å². The molecule has 0 N–H and O–H groups in total. The summed E-state index contributed by atoms with van der Waals surface area (Å²) >= 11 is 8.79. The Hall–Kier alpha value is -0.260. The van der Waals surface area contributed by atoms with Gasteiger partial charge in [0.1, 0.15) is 5.00 Å². The summed E-state index contributed by atoms with van der Waals surface area (Å²) in [6.45, 7) is 1.86. The highest BCUT2D eigenvalue weighted by atomic mass is 35.5. The number of carbonyl (C=O) groups excluding carboxylic acids is 1. The quantitative estimate of drug-likeness (QED) is 0.839. The van der Waals surface area contributed by atoms with Gasteiger partial charge in [0.2, 0.25) is 5.91 Å². The normalized spacial score (nSPS) is 10.4. The van der Waals surface area contributed by atoms with E-state index in [2.05, 4.69) is 4.98 Å². The van der Waals surface area contributed by atoms with Crippen molar-refractivity contribution in [1.82, 2.24) is 4.98 Å². The highest BCUT2D eigenvalue weighted by Gasteiger charge is 2.16. The topological polar surface area (TPSA) is 33.2 Å². The van der Waals surface area contributed by atoms with Gasteiger partial charge < -0.3 is 4.90 Å². The van der Waals surface area contributed by atoms with Crippen molar-refractivity contribution in [1.29, 1.82) is 0 Å². The third-order valence-electron chi connectivity index (χ3n) is 1.94. The molecule has 0 aliphatic carbocycles. The van der Waals surface area contributed by atoms with Gasteiger partial charge in [-0.05, 0) is 13.2 Å². The van der Waals surface area contributed by atoms with E-state index in [1.807, 2.05) is 13.2 Å². The average Bonchev–Trinajstić information content (AvgIpc) is 2.53. The molecule has 0 radical (unpaired) electrons. The molecule has 15 heavy (non-hydrogen) atoms. The van der Waals surface area contributed by atoms with Gasteiger partial charge in [0, 0.05) is 19.2 Å². The number of rotatable bonds is 4. The fourth-order valence-electron chi connectivity index (χ4n) is 1.14. The number of halogens is 1. The second-order valence-corrected chi connectivity index (χ2v) is 5.60. The van der Waals surface area contributed by atoms with Gasteiger partial charge in [0.25, 0.3) is 0 Å². The predicted octanol–water partition coefficient (Wildman–Crippen LogP) is 2.82. The lowest BCUT2D eigenvalue weighted by Crippen LogP contribution is -2.26. The fourth-order valence-corrected chi connectivity index (χ4v) is 2.64. The van der Waals surface area contributed by atoms with Crippen LogP contribution in [0.3, 0.4) is 0 Å². The summed E-state index contributed by atoms with van der Waals surface area (Å²) in [5.41, 5.74) is 0.810. The summed E-state index contributed by atoms with van der Waals surface area (Å²) < 4.78 is 0.479. The number of amides is 1. The molecule has 0 aromatic carbocycles. The van der Waals surface area contributed by atoms with Crippen molar-refractivity contribution in [3.05, 3.63) is 10.2 Å². The molecule has 0 saturated carbocycles. The Morgan fingerprint density at radius 3 is 2.80 bits per heavy atom. The first-order valence-corrected chi connectivity index (χ1v) is 7.03. The van der Waals surface area contributed by atoms with E-state index in [1.54, 1.807) is 23.7 Å². The van der Waals surface area contributed by atoms with E-state index in [-0.39, 0.29) is 5.91 Å². The number of anilines is 1. The Kier molecular flexibility index (Phi) is 4.89. The van der Waals surface area contributed by atoms with Crippen LogP contribution in [0.5, 0.6) is 0 Å². The Morgan fingerprint density at radius 1 is 1.67 bits per heavy atom. The monoisotopic (exact) mass is 264 g/mol. The zero-order chi connectivity index (χ0) is 11.4. The molecule has 1 aromatic heterocycles. The SMILES string of the molecule is CSCCC(=O)N(C)c1sc(Cl)nc1C. The zero-order valence-electron chi connectivity index (χ0n) is 8.91. The lowest BCUT2D eigenvalue weighted by Gasteiger charge is -2.15. The van der Waals surface area contributed by atoms with Crippen molar-refractivity contribution in [2.75, 3.05) is 24.0 Å². The van der Waals surface area contributed by atoms with Crippen LogP contribution < -0.4 is 4.90 Å². The number of aromatic nitrogens is 1. The standard InChI is InChI=1S/C9H13ClN2OS2/c1-6-8(15-9(10)11-6)12(2)7(13)4-5-14-3/h4-5H2,1-3H3. The Bertz CT molecular complexity index is 354. The number of aryl methyl sites for hydroxylation is 1. The van der Waals surface area contributed by atoms with Gasteiger partial charge in [-0.3, -0.25) is 4.79 Å². The molecule has 3 nitrogen and oxygen atoms in total. The van der Waals surface area contributed by atoms with Gasteiger partial charge in [0.15, 0.2) is 4.47 Å². The van der Waals surface area contributed by atoms with E-state index in [0.29, 0.717) is 10.9 Å². The van der Waals surface area contributed by atoms with Crippen molar-refractivity contribution in [3.63, 3.8) is 0 Å². The molecule has 1 aromatic rings. The molecular weight excluding hydrogens is 252 g/mol. The molecule has 6 heteroatoms. The molecule has 0 atom stereocenters. The Morgan fingerprint density at radius 2 is 2.33 bits per heavy atom. The summed E-state index contributed by atoms with van der Waals surface area (Å²) in [4.78, 5) is 17.4. The molecule has 0 saturated heterocycles. The Labute approximate surface area is 103 Å². The van der Waals surface area contributed by atoms with Crippen LogP contribution >= 0.6 is 34.7 Å². The highest BCUT2D eigenvalue weighted by molar-refractivity contribution is 7.98. The number of thiazole rings is 1. The van der Waals surface area contributed by atoms with Gasteiger partial charge in [-0.25, -0.2) is 4.98 Å². The molecule has 0 spiro atoms. The van der Waals surface area contributed by atoms with Crippen LogP contribution in [0.4, 0.5) is 5.00 Å². The zero-order valence-corrected chi connectivity index (χ0v) is 11.3. The van der Waals surface area contributed by atoms with E-state index in [1.165, 1.54) is 11.3 Å². The minimum atomic E-state index is 0.104. The lowest BCUT2D eigenvalue weighted by molar-refractivity contribution is -0.117. The molecule has 1 heterocycles. The van der Waals surface area contributed by atoms with Crippen molar-refractivity contribution in [3.8, 4) is 0 Å². The predicted molar refractivity (Wildman–Crippen MR) is 68.3 cm³/mol. The van der Waals surface area contributed by atoms with E-state index >= 15 is 0 Å². The summed E-state index contributed by atoms with van der Waals surface area (Å²) in [5, 5.41) is 0.839. The summed E-state index contributed by atoms with van der Waals surface area (Å²) in [5.74, 6) is 0.946. The van der Waals surface area contributed by atoms with Crippen molar-refractivity contribution >= 4 is 45.6 Å². The summed E-state index contributed by atoms with van der Waals surface area (Å²) in [6, 6.07) is 0. The number of nitrogens with zero attached hydrogens (tertiary/aromatic N) is 2. The minimum Gasteiger partial charge on any atom is -0.305 e. The van der Waals surface area contributed by atoms with Crippen LogP contribution in [-0.2, 0) is 4.79 Å². The third-order valence-corrected chi connectivity index (χ3v) is 3.90. The van der Waals surface area contributed by atoms with Gasteiger partial charge in [-0.2, -0.15) is 11.8 Å². The number of hydrogen-bond donors (Lipinski definition) is 0. The molecule has 84 valence electrons. The first-order chi connectivity index (χ1) is 7.06. The maximum Gasteiger partial charge on any atom is 0.228 e. The van der Waals surface area contributed by atoms with Crippen LogP contribution in [0, 0.1) is 6.92 Å². The Balaban J connectivity index is 2.71. The van der Waals surface area contributed by atoms with E-state index in [4.69, 9.17) is 11.6 Å². The average molecular weight is 265 g/mol. The van der Waals surface area contributed by atoms with Gasteiger partial charge in [-0.15, -0.1) is 0 Å². The number of carbonyl (C=O) groups is 1. The van der Waals surface area contributed by atoms with Gasteiger partial charge in [0.05, 0.1) is 5.69 Å². The second-order valence-electron chi connectivity index (χ2n) is 3.05. The van der Waals surface area contributed by atoms with Crippen molar-refractivity contribution < 1.29 is 4.79 Å². The maximum absolute atomic E-state index is 11.7. The first-order valence-electron chi connectivity index (χ1n) is 4.44. The van der Waals surface area contributed by atoms with Gasteiger partial charge in [-0.1, -0.05) is 22.9 Å². The summed E-state index contributed by atoms with van der Waals surface area (Å²) in [7, 11) is 1.76.